The Hall–Kier alpha value is -14.6. The van der Waals surface area contributed by atoms with Gasteiger partial charge in [-0.15, -0.1) is 0 Å². The van der Waals surface area contributed by atoms with Crippen LogP contribution in [0.5, 0.6) is 0 Å². The molecule has 6 N–H and O–H groups in total. The lowest BCUT2D eigenvalue weighted by Crippen LogP contribution is -2.94. The van der Waals surface area contributed by atoms with Crippen molar-refractivity contribution in [2.45, 2.75) is 142 Å². The summed E-state index contributed by atoms with van der Waals surface area (Å²) in [6, 6.07) is -16.4. The van der Waals surface area contributed by atoms with E-state index >= 15 is 76.7 Å². The van der Waals surface area contributed by atoms with Gasteiger partial charge in [0.15, 0.2) is 98.7 Å². The lowest BCUT2D eigenvalue weighted by atomic mass is 10.00. The van der Waals surface area contributed by atoms with E-state index in [9.17, 15) is 19.2 Å². The normalized spacial score (nSPS) is 41.0. The minimum Gasteiger partial charge on any atom is -0.314 e. The summed E-state index contributed by atoms with van der Waals surface area (Å²) < 4.78 is 0. The number of carbonyl (C=O) groups excluding carboxylic acids is 20. The lowest BCUT2D eigenvalue weighted by Gasteiger charge is -2.71. The number of rotatable bonds is 0. The van der Waals surface area contributed by atoms with Crippen molar-refractivity contribution in [1.29, 1.82) is 0 Å². The number of nitrogens with zero attached hydrogens (tertiary/aromatic N) is 34. The molecule has 22 unspecified atom stereocenters. The largest absolute Gasteiger partial charge is 0.326 e. The molecule has 0 aromatic rings. The van der Waals surface area contributed by atoms with Crippen molar-refractivity contribution in [2.24, 2.45) is 0 Å². The van der Waals surface area contributed by atoms with Crippen molar-refractivity contribution >= 4 is 121 Å². The number of carbonyl (C=O) groups is 20. The fraction of sp³-hybridized carbons (Fsp3) is 0.655. The quantitative estimate of drug-likeness (QED) is 0.131. The second-order valence-corrected chi connectivity index (χ2v) is 34.2. The maximum absolute atomic E-state index is 16.4. The van der Waals surface area contributed by atoms with Crippen molar-refractivity contribution in [2.75, 3.05) is 100 Å². The number of nitrogens with one attached hydrogen (secondary N) is 6. The highest BCUT2D eigenvalue weighted by Crippen LogP contribution is 2.54. The molecule has 60 nitrogen and oxygen atoms in total. The van der Waals surface area contributed by atoms with Gasteiger partial charge >= 0.3 is 121 Å². The number of amides is 40. The monoisotopic (exact) mass is 1640 g/mol. The molecule has 40 amide bonds. The molecule has 35 aliphatic heterocycles. The van der Waals surface area contributed by atoms with Gasteiger partial charge < -0.3 is 31.9 Å². The minimum absolute atomic E-state index is 0.532. The van der Waals surface area contributed by atoms with Crippen LogP contribution in [0, 0.1) is 0 Å². The van der Waals surface area contributed by atoms with Gasteiger partial charge in [0.05, 0.1) is 0 Å². The lowest BCUT2D eigenvalue weighted by molar-refractivity contribution is -0.238. The number of urea groups is 20. The van der Waals surface area contributed by atoms with E-state index in [2.05, 4.69) is 31.9 Å². The second-order valence-electron chi connectivity index (χ2n) is 34.2. The Morgan fingerprint density at radius 3 is 0.568 bits per heavy atom. The van der Waals surface area contributed by atoms with Crippen LogP contribution >= 0.6 is 0 Å². The van der Waals surface area contributed by atoms with E-state index in [0.717, 1.165) is 19.6 Å². The molecular weight excluding hydrogens is 1580 g/mol. The van der Waals surface area contributed by atoms with Gasteiger partial charge in [0.25, 0.3) is 0 Å². The maximum atomic E-state index is 16.4. The zero-order valence-electron chi connectivity index (χ0n) is 60.4. The van der Waals surface area contributed by atoms with E-state index in [1.165, 1.54) is 147 Å². The topological polar surface area (TPSA) is 524 Å². The third kappa shape index (κ3) is 6.34. The summed E-state index contributed by atoms with van der Waals surface area (Å²) in [5.74, 6) is 0. The van der Waals surface area contributed by atoms with Crippen LogP contribution in [0.2, 0.25) is 0 Å². The molecule has 0 saturated carbocycles. The molecule has 118 heavy (non-hydrogen) atoms. The molecule has 0 aromatic heterocycles. The van der Waals surface area contributed by atoms with E-state index in [-0.39, 0.29) is 0 Å². The fourth-order valence-corrected chi connectivity index (χ4v) is 24.5. The second kappa shape index (κ2) is 19.0. The summed E-state index contributed by atoms with van der Waals surface area (Å²) in [5, 5.41) is 16.7. The van der Waals surface area contributed by atoms with Crippen LogP contribution in [0.3, 0.4) is 0 Å². The Labute approximate surface area is 655 Å². The molecule has 24 bridgehead atoms. The average molecular weight is 1640 g/mol. The number of hydrogen-bond donors (Lipinski definition) is 6. The van der Waals surface area contributed by atoms with Gasteiger partial charge in [-0.2, -0.15) is 0 Å². The molecule has 612 valence electrons. The summed E-state index contributed by atoms with van der Waals surface area (Å²) in [5.41, 5.74) is 0. The third-order valence-corrected chi connectivity index (χ3v) is 29.8. The van der Waals surface area contributed by atoms with Crippen molar-refractivity contribution in [3.63, 3.8) is 0 Å². The average Bonchev–Trinajstić information content (AvgIpc) is 0.954. The van der Waals surface area contributed by atoms with Crippen LogP contribution in [0.25, 0.3) is 0 Å². The Morgan fingerprint density at radius 1 is 0.153 bits per heavy atom. The number of hydrogen-bond acceptors (Lipinski definition) is 20. The molecule has 0 spiro atoms. The highest BCUT2D eigenvalue weighted by Gasteiger charge is 2.79. The first kappa shape index (κ1) is 62.8. The van der Waals surface area contributed by atoms with Crippen molar-refractivity contribution in [1.82, 2.24) is 198 Å². The van der Waals surface area contributed by atoms with E-state index in [1.54, 1.807) is 0 Å². The van der Waals surface area contributed by atoms with E-state index in [0.29, 0.717) is 0 Å². The molecule has 35 fully saturated rings. The standard InChI is InChI=1S/C58H60N40O20/c99-39-59-19-23-67(39)3-75-35-37-93-15-89-33-31-83(53(113)87(31)13-91(35)49(75)109)9-79-27-29-77(51(111)81(29)11-85(33)55(89)115)7-71-25-21(63-41(101)69(25)5-73(27)47(79)107)65(45(71)105)2-66-22-26-70(42(102)64-22)6-74-28-30-78(8-72(26)46(66)106)52(112)82(30)12-86-34-32-84(10-80(28)48(74)108)54(114)88(32)14-92-36-38-94(16-90(34)56(86)116)58(118)98(38)18(1-17(97(37)57(93)117)95(23)43(103)61-19)96-24-20(62-44(96)104)60-40(100)68(24)4-76(36)50(92)110/h17-38H,1-16H2,(H,59,99)(H,60,100)(H,61,103)(H,62,104)(H,63,101)(H,64,102). The van der Waals surface area contributed by atoms with Gasteiger partial charge in [0.1, 0.15) is 137 Å². The smallest absolute Gasteiger partial charge is 0.314 e. The van der Waals surface area contributed by atoms with E-state index in [1.807, 2.05) is 0 Å². The molecule has 22 atom stereocenters. The first-order chi connectivity index (χ1) is 56.8. The Balaban J connectivity index is 0.599. The molecule has 35 saturated heterocycles. The first-order valence-electron chi connectivity index (χ1n) is 38.4. The van der Waals surface area contributed by atoms with Gasteiger partial charge in [0, 0.05) is 6.42 Å². The Kier molecular flexibility index (Phi) is 10.1. The van der Waals surface area contributed by atoms with Crippen molar-refractivity contribution in [3.05, 3.63) is 0 Å². The molecule has 0 aliphatic carbocycles. The van der Waals surface area contributed by atoms with Crippen LogP contribution < -0.4 is 31.9 Å². The molecule has 0 radical (unpaired) electrons. The van der Waals surface area contributed by atoms with Gasteiger partial charge in [-0.1, -0.05) is 0 Å². The van der Waals surface area contributed by atoms with Crippen molar-refractivity contribution in [3.8, 4) is 0 Å². The molecule has 0 aromatic carbocycles. The highest BCUT2D eigenvalue weighted by molar-refractivity contribution is 5.97. The Morgan fingerprint density at radius 2 is 0.322 bits per heavy atom. The molecular formula is C58H60N40O20. The van der Waals surface area contributed by atoms with Crippen LogP contribution in [0.1, 0.15) is 6.42 Å². The predicted molar refractivity (Wildman–Crippen MR) is 350 cm³/mol. The van der Waals surface area contributed by atoms with E-state index in [4.69, 9.17) is 0 Å². The zero-order valence-corrected chi connectivity index (χ0v) is 60.4. The molecule has 60 heteroatoms. The predicted octanol–water partition coefficient (Wildman–Crippen LogP) is -10.5. The third-order valence-electron chi connectivity index (χ3n) is 29.8. The zero-order chi connectivity index (χ0) is 79.4. The van der Waals surface area contributed by atoms with Crippen LogP contribution in [0.4, 0.5) is 95.9 Å². The van der Waals surface area contributed by atoms with Crippen molar-refractivity contribution < 1.29 is 95.9 Å². The molecule has 35 aliphatic rings. The molecule has 35 heterocycles. The summed E-state index contributed by atoms with van der Waals surface area (Å²) in [7, 11) is 0. The van der Waals surface area contributed by atoms with Gasteiger partial charge in [-0.05, 0) is 0 Å². The highest BCUT2D eigenvalue weighted by atomic mass is 16.3. The van der Waals surface area contributed by atoms with Gasteiger partial charge in [-0.3, -0.25) is 167 Å². The summed E-state index contributed by atoms with van der Waals surface area (Å²) in [6.45, 7) is -8.81. The van der Waals surface area contributed by atoms with Gasteiger partial charge in [-0.25, -0.2) is 95.9 Å². The summed E-state index contributed by atoms with van der Waals surface area (Å²) >= 11 is 0. The van der Waals surface area contributed by atoms with Gasteiger partial charge in [0.2, 0.25) is 0 Å². The Bertz CT molecular complexity index is 4920. The SMILES string of the molecule is O=C1NC2C3N1CN1C(=O)N4CN5C(=O)N6CN7C(=O)N8CN9C(=O)NC%10NC(=O)N(C%109)C9CC%10N%11C(=O)NC%12NC(=O)N(CN%13C(=O)N%14CN%15C(=O)N%16CN%17C(=O)N%18CN%19C(=O)NC%20C%19N(CN%19C(=O)N(CN%21C(=O)N(CN%22C(=O)N%10C%22C%14%13)C%21C%16%15)C%19C%18%17)C(=O)N%20CN2C(=O)N3CN2C(=O)N(CN3C(=O)N(CN%10C(=O)N9C%10C78)C3C56)C2C14)C%12%11. The summed E-state index contributed by atoms with van der Waals surface area (Å²) in [6.07, 6.45) is -30.8. The fourth-order valence-electron chi connectivity index (χ4n) is 24.5. The first-order valence-corrected chi connectivity index (χ1v) is 38.4. The summed E-state index contributed by atoms with van der Waals surface area (Å²) in [4.78, 5) is 349. The molecule has 35 rings (SSSR count). The van der Waals surface area contributed by atoms with Crippen LogP contribution in [-0.4, -0.2) is 523 Å². The van der Waals surface area contributed by atoms with E-state index < -0.39 is 363 Å². The minimum atomic E-state index is -1.77. The van der Waals surface area contributed by atoms with Crippen LogP contribution in [-0.2, 0) is 0 Å². The van der Waals surface area contributed by atoms with Crippen LogP contribution in [0.15, 0.2) is 0 Å². The maximum Gasteiger partial charge on any atom is 0.326 e.